The van der Waals surface area contributed by atoms with Crippen molar-refractivity contribution in [3.8, 4) is 0 Å². The molecule has 1 aliphatic heterocycles. The number of hydrogen-bond donors (Lipinski definition) is 2. The smallest absolute Gasteiger partial charge is 0.338 e. The summed E-state index contributed by atoms with van der Waals surface area (Å²) < 4.78 is 5.86. The van der Waals surface area contributed by atoms with Crippen molar-refractivity contribution in [1.29, 1.82) is 0 Å². The number of hydrogen-bond acceptors (Lipinski definition) is 4. The second kappa shape index (κ2) is 9.33. The normalized spacial score (nSPS) is 24.6. The van der Waals surface area contributed by atoms with Crippen molar-refractivity contribution < 1.29 is 14.3 Å². The molecule has 3 atom stereocenters. The maximum atomic E-state index is 13.1. The Bertz CT molecular complexity index is 768. The van der Waals surface area contributed by atoms with Crippen LogP contribution in [0.4, 0.5) is 10.5 Å². The van der Waals surface area contributed by atoms with Crippen molar-refractivity contribution in [2.24, 2.45) is 5.92 Å². The molecule has 2 N–H and O–H groups in total. The lowest BCUT2D eigenvalue weighted by Gasteiger charge is -2.31. The number of carbonyl (C=O) groups is 2. The van der Waals surface area contributed by atoms with Gasteiger partial charge in [0.2, 0.25) is 0 Å². The zero-order valence-corrected chi connectivity index (χ0v) is 18.0. The molecular weight excluding hydrogens is 366 g/mol. The first-order chi connectivity index (χ1) is 13.9. The largest absolute Gasteiger partial charge is 0.459 e. The van der Waals surface area contributed by atoms with E-state index in [1.54, 1.807) is 6.92 Å². The van der Waals surface area contributed by atoms with Crippen molar-refractivity contribution in [3.63, 3.8) is 0 Å². The van der Waals surface area contributed by atoms with Gasteiger partial charge >= 0.3 is 12.0 Å². The Kier molecular flexibility index (Phi) is 6.83. The Hall–Kier alpha value is -2.50. The first kappa shape index (κ1) is 21.2. The first-order valence-electron chi connectivity index (χ1n) is 10.8. The number of urea groups is 1. The molecule has 0 radical (unpaired) electrons. The van der Waals surface area contributed by atoms with E-state index >= 15 is 0 Å². The lowest BCUT2D eigenvalue weighted by molar-refractivity contribution is -0.146. The van der Waals surface area contributed by atoms with Crippen LogP contribution in [-0.4, -0.2) is 31.2 Å². The maximum absolute atomic E-state index is 13.1. The number of nitrogens with zero attached hydrogens (tertiary/aromatic N) is 1. The number of amides is 2. The summed E-state index contributed by atoms with van der Waals surface area (Å²) in [6, 6.07) is 7.22. The van der Waals surface area contributed by atoms with E-state index in [1.807, 2.05) is 24.3 Å². The predicted octanol–water partition coefficient (Wildman–Crippen LogP) is 4.28. The van der Waals surface area contributed by atoms with Crippen LogP contribution in [0.2, 0.25) is 0 Å². The van der Waals surface area contributed by atoms with Gasteiger partial charge in [0.15, 0.2) is 0 Å². The van der Waals surface area contributed by atoms with Crippen LogP contribution >= 0.6 is 0 Å². The van der Waals surface area contributed by atoms with Gasteiger partial charge < -0.3 is 20.3 Å². The van der Waals surface area contributed by atoms with E-state index in [0.29, 0.717) is 17.2 Å². The second-order valence-corrected chi connectivity index (χ2v) is 8.13. The molecule has 0 spiro atoms. The molecule has 1 aliphatic carbocycles. The van der Waals surface area contributed by atoms with Crippen LogP contribution in [0.15, 0.2) is 35.5 Å². The molecule has 0 unspecified atom stereocenters. The van der Waals surface area contributed by atoms with Crippen LogP contribution in [0.3, 0.4) is 0 Å². The topological polar surface area (TPSA) is 70.7 Å². The van der Waals surface area contributed by atoms with Gasteiger partial charge in [-0.05, 0) is 63.6 Å². The third kappa shape index (κ3) is 4.92. The highest BCUT2D eigenvalue weighted by Crippen LogP contribution is 2.31. The molecule has 1 aromatic carbocycles. The molecule has 1 fully saturated rings. The minimum Gasteiger partial charge on any atom is -0.459 e. The van der Waals surface area contributed by atoms with E-state index in [4.69, 9.17) is 4.74 Å². The summed E-state index contributed by atoms with van der Waals surface area (Å²) >= 11 is 0. The number of anilines is 1. The summed E-state index contributed by atoms with van der Waals surface area (Å²) in [6.07, 6.45) is 4.04. The zero-order chi connectivity index (χ0) is 21.0. The first-order valence-corrected chi connectivity index (χ1v) is 10.8. The molecule has 1 saturated carbocycles. The molecule has 6 heteroatoms. The van der Waals surface area contributed by atoms with Gasteiger partial charge in [-0.15, -0.1) is 0 Å². The fourth-order valence-electron chi connectivity index (χ4n) is 4.38. The van der Waals surface area contributed by atoms with Gasteiger partial charge in [0.1, 0.15) is 6.10 Å². The fraction of sp³-hybridized carbons (Fsp3) is 0.565. The summed E-state index contributed by atoms with van der Waals surface area (Å²) in [5.74, 6) is 0.233. The highest BCUT2D eigenvalue weighted by atomic mass is 16.5. The van der Waals surface area contributed by atoms with E-state index in [-0.39, 0.29) is 18.1 Å². The van der Waals surface area contributed by atoms with Crippen LogP contribution in [0.5, 0.6) is 0 Å². The number of esters is 1. The van der Waals surface area contributed by atoms with E-state index in [2.05, 4.69) is 36.3 Å². The lowest BCUT2D eigenvalue weighted by atomic mass is 9.88. The van der Waals surface area contributed by atoms with E-state index in [1.165, 1.54) is 6.42 Å². The molecule has 0 bridgehead atoms. The van der Waals surface area contributed by atoms with Crippen LogP contribution in [0, 0.1) is 5.92 Å². The zero-order valence-electron chi connectivity index (χ0n) is 18.0. The Morgan fingerprint density at radius 2 is 1.86 bits per heavy atom. The molecule has 1 heterocycles. The summed E-state index contributed by atoms with van der Waals surface area (Å²) in [5.41, 5.74) is 3.04. The Morgan fingerprint density at radius 1 is 1.17 bits per heavy atom. The molecule has 29 heavy (non-hydrogen) atoms. The average Bonchev–Trinajstić information content (AvgIpc) is 2.68. The number of allylic oxidation sites excluding steroid dienone is 1. The van der Waals surface area contributed by atoms with Crippen molar-refractivity contribution in [1.82, 2.24) is 10.6 Å². The van der Waals surface area contributed by atoms with Crippen molar-refractivity contribution >= 4 is 17.7 Å². The number of benzene rings is 1. The van der Waals surface area contributed by atoms with Gasteiger partial charge in [0.25, 0.3) is 0 Å². The molecule has 2 amide bonds. The van der Waals surface area contributed by atoms with Crippen LogP contribution in [0.1, 0.15) is 65.0 Å². The van der Waals surface area contributed by atoms with Crippen molar-refractivity contribution in [2.75, 3.05) is 18.0 Å². The standard InChI is InChI=1S/C23H33N3O3/c1-5-26(6-2)18-12-10-17(11-13-18)21-20(16(4)24-23(28)25-21)22(27)29-19-9-7-8-15(3)14-19/h10-13,15,19,21H,5-9,14H2,1-4H3,(H2,24,25,28)/t15-,19+,21+/m0/s1. The van der Waals surface area contributed by atoms with Gasteiger partial charge in [0.05, 0.1) is 11.6 Å². The van der Waals surface area contributed by atoms with Crippen molar-refractivity contribution in [3.05, 3.63) is 41.1 Å². The Morgan fingerprint density at radius 3 is 2.48 bits per heavy atom. The monoisotopic (exact) mass is 399 g/mol. The molecule has 0 saturated heterocycles. The fourth-order valence-corrected chi connectivity index (χ4v) is 4.38. The summed E-state index contributed by atoms with van der Waals surface area (Å²) in [7, 11) is 0. The van der Waals surface area contributed by atoms with Gasteiger partial charge in [-0.2, -0.15) is 0 Å². The highest BCUT2D eigenvalue weighted by molar-refractivity contribution is 5.95. The van der Waals surface area contributed by atoms with Gasteiger partial charge in [-0.3, -0.25) is 0 Å². The van der Waals surface area contributed by atoms with Gasteiger partial charge in [-0.25, -0.2) is 9.59 Å². The number of ether oxygens (including phenoxy) is 1. The molecule has 2 aliphatic rings. The van der Waals surface area contributed by atoms with Gasteiger partial charge in [-0.1, -0.05) is 25.5 Å². The molecule has 0 aromatic heterocycles. The second-order valence-electron chi connectivity index (χ2n) is 8.13. The van der Waals surface area contributed by atoms with Crippen LogP contribution < -0.4 is 15.5 Å². The van der Waals surface area contributed by atoms with E-state index in [9.17, 15) is 9.59 Å². The molecular formula is C23H33N3O3. The van der Waals surface area contributed by atoms with Crippen LogP contribution in [0.25, 0.3) is 0 Å². The third-order valence-corrected chi connectivity index (χ3v) is 6.01. The molecule has 158 valence electrons. The summed E-state index contributed by atoms with van der Waals surface area (Å²) in [5, 5.41) is 5.62. The van der Waals surface area contributed by atoms with E-state index in [0.717, 1.165) is 43.6 Å². The highest BCUT2D eigenvalue weighted by Gasteiger charge is 2.34. The molecule has 6 nitrogen and oxygen atoms in total. The minimum atomic E-state index is -0.511. The maximum Gasteiger partial charge on any atom is 0.338 e. The summed E-state index contributed by atoms with van der Waals surface area (Å²) in [6.45, 7) is 10.1. The van der Waals surface area contributed by atoms with Gasteiger partial charge in [0, 0.05) is 24.5 Å². The van der Waals surface area contributed by atoms with Crippen LogP contribution in [-0.2, 0) is 9.53 Å². The van der Waals surface area contributed by atoms with E-state index < -0.39 is 6.04 Å². The SMILES string of the molecule is CCN(CC)c1ccc([C@H]2NC(=O)NC(C)=C2C(=O)O[C@@H]2CCC[C@H](C)C2)cc1. The average molecular weight is 400 g/mol. The molecule has 1 aromatic rings. The minimum absolute atomic E-state index is 0.0464. The Balaban J connectivity index is 1.83. The van der Waals surface area contributed by atoms with Crippen molar-refractivity contribution in [2.45, 2.75) is 65.5 Å². The third-order valence-electron chi connectivity index (χ3n) is 6.01. The predicted molar refractivity (Wildman–Crippen MR) is 115 cm³/mol. The summed E-state index contributed by atoms with van der Waals surface area (Å²) in [4.78, 5) is 27.4. The Labute approximate surface area is 173 Å². The molecule has 3 rings (SSSR count). The number of rotatable bonds is 6. The quantitative estimate of drug-likeness (QED) is 0.701. The number of nitrogens with one attached hydrogen (secondary N) is 2. The lowest BCUT2D eigenvalue weighted by Crippen LogP contribution is -2.45. The number of carbonyl (C=O) groups excluding carboxylic acids is 2.